The van der Waals surface area contributed by atoms with E-state index in [4.69, 9.17) is 32.1 Å². The van der Waals surface area contributed by atoms with Crippen molar-refractivity contribution in [3.8, 4) is 11.8 Å². The number of hydrogen-bond donors (Lipinski definition) is 2. The molecule has 152 valence electrons. The van der Waals surface area contributed by atoms with Crippen molar-refractivity contribution >= 4 is 23.2 Å². The Bertz CT molecular complexity index is 885. The fourth-order valence-corrected chi connectivity index (χ4v) is 3.33. The molecule has 0 aromatic heterocycles. The SMILES string of the molecule is N#CCOc1cc(N)c(Cl)cc1C(=O)NCC1CN(Cc2ccccc2)CCO1. The molecule has 1 heterocycles. The van der Waals surface area contributed by atoms with Crippen LogP contribution in [0.25, 0.3) is 0 Å². The molecule has 1 atom stereocenters. The van der Waals surface area contributed by atoms with Gasteiger partial charge in [-0.2, -0.15) is 5.26 Å². The number of nitrogens with two attached hydrogens (primary N) is 1. The smallest absolute Gasteiger partial charge is 0.255 e. The lowest BCUT2D eigenvalue weighted by atomic mass is 10.1. The standard InChI is InChI=1S/C21H23ClN4O3/c22-18-10-17(20(11-19(18)24)29-8-6-23)21(27)25-12-16-14-26(7-9-28-16)13-15-4-2-1-3-5-15/h1-5,10-11,16H,7-9,12-14,24H2,(H,25,27). The van der Waals surface area contributed by atoms with Crippen LogP contribution in [0, 0.1) is 11.3 Å². The minimum atomic E-state index is -0.358. The molecule has 0 bridgehead atoms. The second kappa shape index (κ2) is 10.1. The van der Waals surface area contributed by atoms with Crippen molar-refractivity contribution in [2.75, 3.05) is 38.6 Å². The summed E-state index contributed by atoms with van der Waals surface area (Å²) in [5.41, 5.74) is 7.54. The maximum Gasteiger partial charge on any atom is 0.255 e. The number of anilines is 1. The van der Waals surface area contributed by atoms with E-state index >= 15 is 0 Å². The van der Waals surface area contributed by atoms with E-state index in [1.54, 1.807) is 0 Å². The van der Waals surface area contributed by atoms with Crippen molar-refractivity contribution in [3.63, 3.8) is 0 Å². The highest BCUT2D eigenvalue weighted by molar-refractivity contribution is 6.33. The van der Waals surface area contributed by atoms with Gasteiger partial charge in [-0.25, -0.2) is 0 Å². The number of nitrogens with zero attached hydrogens (tertiary/aromatic N) is 2. The average Bonchev–Trinajstić information content (AvgIpc) is 2.73. The van der Waals surface area contributed by atoms with Crippen molar-refractivity contribution in [3.05, 3.63) is 58.6 Å². The maximum atomic E-state index is 12.7. The Morgan fingerprint density at radius 1 is 1.38 bits per heavy atom. The van der Waals surface area contributed by atoms with Gasteiger partial charge < -0.3 is 20.5 Å². The Kier molecular flexibility index (Phi) is 7.30. The van der Waals surface area contributed by atoms with Gasteiger partial charge in [-0.3, -0.25) is 9.69 Å². The van der Waals surface area contributed by atoms with Gasteiger partial charge in [-0.15, -0.1) is 0 Å². The molecule has 1 saturated heterocycles. The van der Waals surface area contributed by atoms with Gasteiger partial charge in [-0.05, 0) is 11.6 Å². The topological polar surface area (TPSA) is 101 Å². The summed E-state index contributed by atoms with van der Waals surface area (Å²) in [6.45, 7) is 3.17. The fraction of sp³-hybridized carbons (Fsp3) is 0.333. The third-order valence-corrected chi connectivity index (χ3v) is 4.93. The van der Waals surface area contributed by atoms with E-state index in [-0.39, 0.29) is 40.6 Å². The lowest BCUT2D eigenvalue weighted by Gasteiger charge is -2.33. The molecule has 1 unspecified atom stereocenters. The van der Waals surface area contributed by atoms with E-state index in [0.29, 0.717) is 13.2 Å². The van der Waals surface area contributed by atoms with Crippen LogP contribution in [-0.4, -0.2) is 49.8 Å². The van der Waals surface area contributed by atoms with E-state index < -0.39 is 0 Å². The van der Waals surface area contributed by atoms with Gasteiger partial charge in [0, 0.05) is 32.2 Å². The number of nitrogen functional groups attached to an aromatic ring is 1. The largest absolute Gasteiger partial charge is 0.478 e. The second-order valence-electron chi connectivity index (χ2n) is 6.74. The Morgan fingerprint density at radius 2 is 2.17 bits per heavy atom. The average molecular weight is 415 g/mol. The number of carbonyl (C=O) groups excluding carboxylic acids is 1. The number of benzene rings is 2. The summed E-state index contributed by atoms with van der Waals surface area (Å²) in [6, 6.07) is 15.0. The van der Waals surface area contributed by atoms with Crippen LogP contribution in [0.2, 0.25) is 5.02 Å². The molecule has 0 saturated carbocycles. The number of nitriles is 1. The van der Waals surface area contributed by atoms with Crippen LogP contribution in [0.1, 0.15) is 15.9 Å². The first kappa shape index (κ1) is 20.9. The number of morpholine rings is 1. The van der Waals surface area contributed by atoms with Crippen molar-refractivity contribution in [1.82, 2.24) is 10.2 Å². The van der Waals surface area contributed by atoms with E-state index in [1.807, 2.05) is 24.3 Å². The Balaban J connectivity index is 1.58. The number of hydrogen-bond acceptors (Lipinski definition) is 6. The minimum Gasteiger partial charge on any atom is -0.478 e. The predicted octanol–water partition coefficient (Wildman–Crippen LogP) is 2.46. The highest BCUT2D eigenvalue weighted by Gasteiger charge is 2.22. The molecular weight excluding hydrogens is 392 g/mol. The number of rotatable bonds is 7. The first-order valence-corrected chi connectivity index (χ1v) is 9.69. The summed E-state index contributed by atoms with van der Waals surface area (Å²) >= 11 is 6.05. The van der Waals surface area contributed by atoms with Crippen molar-refractivity contribution < 1.29 is 14.3 Å². The molecule has 1 amide bonds. The summed E-state index contributed by atoms with van der Waals surface area (Å²) in [5.74, 6) is -0.134. The quantitative estimate of drug-likeness (QED) is 0.675. The predicted molar refractivity (Wildman–Crippen MR) is 111 cm³/mol. The Morgan fingerprint density at radius 3 is 2.93 bits per heavy atom. The zero-order valence-electron chi connectivity index (χ0n) is 15.9. The highest BCUT2D eigenvalue weighted by Crippen LogP contribution is 2.29. The van der Waals surface area contributed by atoms with Gasteiger partial charge in [-0.1, -0.05) is 41.9 Å². The van der Waals surface area contributed by atoms with Crippen LogP contribution >= 0.6 is 11.6 Å². The van der Waals surface area contributed by atoms with Crippen LogP contribution in [0.3, 0.4) is 0 Å². The molecule has 2 aromatic rings. The molecule has 1 fully saturated rings. The number of amides is 1. The Labute approximate surface area is 175 Å². The molecule has 29 heavy (non-hydrogen) atoms. The number of carbonyl (C=O) groups is 1. The van der Waals surface area contributed by atoms with Crippen LogP contribution in [0.5, 0.6) is 5.75 Å². The second-order valence-corrected chi connectivity index (χ2v) is 7.15. The third kappa shape index (κ3) is 5.84. The van der Waals surface area contributed by atoms with Crippen molar-refractivity contribution in [2.24, 2.45) is 0 Å². The van der Waals surface area contributed by atoms with Gasteiger partial charge in [0.2, 0.25) is 0 Å². The zero-order valence-corrected chi connectivity index (χ0v) is 16.7. The van der Waals surface area contributed by atoms with Crippen molar-refractivity contribution in [1.29, 1.82) is 5.26 Å². The molecule has 1 aliphatic rings. The molecular formula is C21H23ClN4O3. The van der Waals surface area contributed by atoms with E-state index in [0.717, 1.165) is 19.6 Å². The lowest BCUT2D eigenvalue weighted by Crippen LogP contribution is -2.47. The number of ether oxygens (including phenoxy) is 2. The fourth-order valence-electron chi connectivity index (χ4n) is 3.17. The number of halogens is 1. The molecule has 3 N–H and O–H groups in total. The first-order valence-electron chi connectivity index (χ1n) is 9.31. The molecule has 1 aliphatic heterocycles. The molecule has 2 aromatic carbocycles. The normalized spacial score (nSPS) is 16.8. The maximum absolute atomic E-state index is 12.7. The monoisotopic (exact) mass is 414 g/mol. The molecule has 7 nitrogen and oxygen atoms in total. The number of nitrogens with one attached hydrogen (secondary N) is 1. The molecule has 3 rings (SSSR count). The van der Waals surface area contributed by atoms with Gasteiger partial charge >= 0.3 is 0 Å². The first-order chi connectivity index (χ1) is 14.1. The summed E-state index contributed by atoms with van der Waals surface area (Å²) in [6.07, 6.45) is -0.121. The molecule has 0 radical (unpaired) electrons. The third-order valence-electron chi connectivity index (χ3n) is 4.60. The van der Waals surface area contributed by atoms with Crippen LogP contribution in [-0.2, 0) is 11.3 Å². The molecule has 0 spiro atoms. The van der Waals surface area contributed by atoms with Crippen LogP contribution in [0.15, 0.2) is 42.5 Å². The lowest BCUT2D eigenvalue weighted by molar-refractivity contribution is -0.0292. The molecule has 0 aliphatic carbocycles. The summed E-state index contributed by atoms with van der Waals surface area (Å²) in [5, 5.41) is 11.8. The summed E-state index contributed by atoms with van der Waals surface area (Å²) in [7, 11) is 0. The summed E-state index contributed by atoms with van der Waals surface area (Å²) in [4.78, 5) is 15.0. The van der Waals surface area contributed by atoms with Gasteiger partial charge in [0.1, 0.15) is 11.8 Å². The Hall–Kier alpha value is -2.79. The zero-order chi connectivity index (χ0) is 20.6. The highest BCUT2D eigenvalue weighted by atomic mass is 35.5. The van der Waals surface area contributed by atoms with Crippen LogP contribution in [0.4, 0.5) is 5.69 Å². The summed E-state index contributed by atoms with van der Waals surface area (Å²) < 4.78 is 11.1. The van der Waals surface area contributed by atoms with E-state index in [1.165, 1.54) is 17.7 Å². The van der Waals surface area contributed by atoms with E-state index in [2.05, 4.69) is 22.3 Å². The van der Waals surface area contributed by atoms with Crippen molar-refractivity contribution in [2.45, 2.75) is 12.6 Å². The van der Waals surface area contributed by atoms with Gasteiger partial charge in [0.05, 0.1) is 29.0 Å². The molecule has 8 heteroatoms. The van der Waals surface area contributed by atoms with E-state index in [9.17, 15) is 4.79 Å². The minimum absolute atomic E-state index is 0.121. The van der Waals surface area contributed by atoms with Crippen LogP contribution < -0.4 is 15.8 Å². The van der Waals surface area contributed by atoms with Gasteiger partial charge in [0.25, 0.3) is 5.91 Å². The van der Waals surface area contributed by atoms with Gasteiger partial charge in [0.15, 0.2) is 6.61 Å².